The van der Waals surface area contributed by atoms with Gasteiger partial charge < -0.3 is 10.4 Å². The Morgan fingerprint density at radius 1 is 0.920 bits per heavy atom. The van der Waals surface area contributed by atoms with Gasteiger partial charge in [-0.1, -0.05) is 60.7 Å². The molecular weight excluding hydrogens is 334 g/mol. The Balaban J connectivity index is 1.78. The number of sulfone groups is 1. The zero-order valence-electron chi connectivity index (χ0n) is 13.4. The molecule has 0 aliphatic carbocycles. The fourth-order valence-corrected chi connectivity index (χ4v) is 4.79. The third kappa shape index (κ3) is 2.74. The fraction of sp³-hybridized carbons (Fsp3) is 0.105. The number of H-pyrrole nitrogens is 1. The van der Waals surface area contributed by atoms with Crippen LogP contribution in [0.3, 0.4) is 0 Å². The topological polar surface area (TPSA) is 74.3 Å². The Morgan fingerprint density at radius 3 is 2.32 bits per heavy atom. The molecule has 0 amide bonds. The highest BCUT2D eigenvalue weighted by Crippen LogP contribution is 2.32. The molecule has 3 aromatic rings. The molecule has 0 radical (unpaired) electrons. The molecule has 2 heterocycles. The highest BCUT2D eigenvalue weighted by atomic mass is 32.2. The maximum absolute atomic E-state index is 13.3. The van der Waals surface area contributed by atoms with Crippen LogP contribution in [0.4, 0.5) is 0 Å². The summed E-state index contributed by atoms with van der Waals surface area (Å²) in [6.45, 7) is 0.476. The molecule has 0 saturated carbocycles. The van der Waals surface area contributed by atoms with Crippen molar-refractivity contribution in [3.8, 4) is 11.1 Å². The average Bonchev–Trinajstić information content (AvgIpc) is 3.33. The standard InChI is InChI=1S/C19H17N3O2S/c23-25(24,18-13-20-11-16(18)14-7-3-1-4-8-14)19-17(12-21-22-19)15-9-5-2-6-10-15/h1-11,13,17,20-21H,12H2. The summed E-state index contributed by atoms with van der Waals surface area (Å²) in [7, 11) is -3.72. The van der Waals surface area contributed by atoms with E-state index in [0.29, 0.717) is 12.1 Å². The molecule has 6 heteroatoms. The summed E-state index contributed by atoms with van der Waals surface area (Å²) in [5, 5.41) is 4.28. The van der Waals surface area contributed by atoms with Crippen LogP contribution in [0, 0.1) is 0 Å². The van der Waals surface area contributed by atoms with Crippen molar-refractivity contribution in [2.75, 3.05) is 6.54 Å². The van der Waals surface area contributed by atoms with E-state index < -0.39 is 9.84 Å². The highest BCUT2D eigenvalue weighted by molar-refractivity contribution is 8.06. The first-order valence-corrected chi connectivity index (χ1v) is 9.49. The Labute approximate surface area is 146 Å². The van der Waals surface area contributed by atoms with Gasteiger partial charge in [0.1, 0.15) is 0 Å². The van der Waals surface area contributed by atoms with E-state index in [-0.39, 0.29) is 15.9 Å². The summed E-state index contributed by atoms with van der Waals surface area (Å²) < 4.78 is 26.6. The van der Waals surface area contributed by atoms with Crippen LogP contribution in [0.15, 0.2) is 83.1 Å². The molecule has 0 spiro atoms. The van der Waals surface area contributed by atoms with Crippen LogP contribution in [0.2, 0.25) is 0 Å². The lowest BCUT2D eigenvalue weighted by atomic mass is 10.0. The lowest BCUT2D eigenvalue weighted by Gasteiger charge is -2.13. The first-order valence-electron chi connectivity index (χ1n) is 8.00. The molecular formula is C19H17N3O2S. The van der Waals surface area contributed by atoms with Crippen LogP contribution in [-0.2, 0) is 9.84 Å². The average molecular weight is 351 g/mol. The molecule has 1 aliphatic heterocycles. The molecule has 0 bridgehead atoms. The number of aromatic amines is 1. The van der Waals surface area contributed by atoms with Crippen molar-refractivity contribution in [2.45, 2.75) is 10.8 Å². The van der Waals surface area contributed by atoms with Gasteiger partial charge in [-0.15, -0.1) is 0 Å². The van der Waals surface area contributed by atoms with Crippen LogP contribution in [0.25, 0.3) is 11.1 Å². The monoisotopic (exact) mass is 351 g/mol. The number of benzene rings is 2. The van der Waals surface area contributed by atoms with E-state index in [1.807, 2.05) is 60.7 Å². The van der Waals surface area contributed by atoms with Crippen molar-refractivity contribution in [2.24, 2.45) is 5.10 Å². The van der Waals surface area contributed by atoms with Crippen molar-refractivity contribution in [1.29, 1.82) is 0 Å². The number of nitrogens with one attached hydrogen (secondary N) is 2. The number of hydrogen-bond acceptors (Lipinski definition) is 4. The van der Waals surface area contributed by atoms with E-state index in [1.54, 1.807) is 6.20 Å². The normalized spacial score (nSPS) is 17.1. The minimum atomic E-state index is -3.72. The summed E-state index contributed by atoms with van der Waals surface area (Å²) in [5.41, 5.74) is 5.29. The number of hydrazone groups is 1. The Morgan fingerprint density at radius 2 is 1.60 bits per heavy atom. The van der Waals surface area contributed by atoms with Gasteiger partial charge in [-0.05, 0) is 11.1 Å². The predicted molar refractivity (Wildman–Crippen MR) is 98.0 cm³/mol. The Bertz CT molecular complexity index is 1010. The van der Waals surface area contributed by atoms with Crippen LogP contribution in [0.1, 0.15) is 11.5 Å². The Kier molecular flexibility index (Phi) is 3.89. The van der Waals surface area contributed by atoms with Gasteiger partial charge in [0, 0.05) is 24.5 Å². The van der Waals surface area contributed by atoms with Crippen molar-refractivity contribution >= 4 is 14.9 Å². The molecule has 2 N–H and O–H groups in total. The third-order valence-corrected chi connectivity index (χ3v) is 6.19. The quantitative estimate of drug-likeness (QED) is 0.761. The van der Waals surface area contributed by atoms with E-state index in [2.05, 4.69) is 15.5 Å². The minimum absolute atomic E-state index is 0.162. The molecule has 1 aliphatic rings. The van der Waals surface area contributed by atoms with Crippen molar-refractivity contribution in [1.82, 2.24) is 10.4 Å². The first kappa shape index (κ1) is 15.7. The summed E-state index contributed by atoms with van der Waals surface area (Å²) in [5.74, 6) is -0.287. The lowest BCUT2D eigenvalue weighted by molar-refractivity contribution is 0.606. The SMILES string of the molecule is O=S(=O)(C1=NNCC1c1ccccc1)c1c[nH]cc1-c1ccccc1. The third-order valence-electron chi connectivity index (χ3n) is 4.34. The van der Waals surface area contributed by atoms with Crippen molar-refractivity contribution < 1.29 is 8.42 Å². The van der Waals surface area contributed by atoms with Crippen LogP contribution in [-0.4, -0.2) is 25.0 Å². The second kappa shape index (κ2) is 6.22. The molecule has 126 valence electrons. The first-order chi connectivity index (χ1) is 12.2. The summed E-state index contributed by atoms with van der Waals surface area (Å²) >= 11 is 0. The zero-order chi connectivity index (χ0) is 17.3. The summed E-state index contributed by atoms with van der Waals surface area (Å²) in [4.78, 5) is 3.18. The number of rotatable bonds is 3. The molecule has 25 heavy (non-hydrogen) atoms. The molecule has 0 fully saturated rings. The van der Waals surface area contributed by atoms with Gasteiger partial charge in [0.05, 0.1) is 10.8 Å². The van der Waals surface area contributed by atoms with Crippen LogP contribution in [0.5, 0.6) is 0 Å². The largest absolute Gasteiger partial charge is 0.366 e. The molecule has 2 aromatic carbocycles. The van der Waals surface area contributed by atoms with Crippen LogP contribution >= 0.6 is 0 Å². The molecule has 5 nitrogen and oxygen atoms in total. The molecule has 1 aromatic heterocycles. The maximum Gasteiger partial charge on any atom is 0.224 e. The minimum Gasteiger partial charge on any atom is -0.366 e. The highest BCUT2D eigenvalue weighted by Gasteiger charge is 2.36. The van der Waals surface area contributed by atoms with Gasteiger partial charge in [-0.3, -0.25) is 0 Å². The van der Waals surface area contributed by atoms with Gasteiger partial charge in [-0.2, -0.15) is 5.10 Å². The Hall–Kier alpha value is -2.86. The van der Waals surface area contributed by atoms with Gasteiger partial charge in [0.25, 0.3) is 0 Å². The van der Waals surface area contributed by atoms with Crippen molar-refractivity contribution in [3.05, 3.63) is 78.6 Å². The predicted octanol–water partition coefficient (Wildman–Crippen LogP) is 3.16. The fourth-order valence-electron chi connectivity index (χ4n) is 3.10. The van der Waals surface area contributed by atoms with E-state index >= 15 is 0 Å². The molecule has 1 unspecified atom stereocenters. The van der Waals surface area contributed by atoms with E-state index in [0.717, 1.165) is 11.1 Å². The lowest BCUT2D eigenvalue weighted by Crippen LogP contribution is -2.22. The van der Waals surface area contributed by atoms with Gasteiger partial charge in [-0.25, -0.2) is 8.42 Å². The van der Waals surface area contributed by atoms with Crippen LogP contribution < -0.4 is 5.43 Å². The maximum atomic E-state index is 13.3. The van der Waals surface area contributed by atoms with Gasteiger partial charge >= 0.3 is 0 Å². The van der Waals surface area contributed by atoms with E-state index in [4.69, 9.17) is 0 Å². The summed E-state index contributed by atoms with van der Waals surface area (Å²) in [6.07, 6.45) is 3.24. The van der Waals surface area contributed by atoms with Crippen molar-refractivity contribution in [3.63, 3.8) is 0 Å². The molecule has 4 rings (SSSR count). The number of nitrogens with zero attached hydrogens (tertiary/aromatic N) is 1. The number of hydrogen-bond donors (Lipinski definition) is 2. The number of aromatic nitrogens is 1. The van der Waals surface area contributed by atoms with Gasteiger partial charge in [0.15, 0.2) is 5.04 Å². The summed E-state index contributed by atoms with van der Waals surface area (Å²) in [6, 6.07) is 19.1. The molecule has 1 atom stereocenters. The second-order valence-electron chi connectivity index (χ2n) is 5.88. The van der Waals surface area contributed by atoms with E-state index in [9.17, 15) is 8.42 Å². The van der Waals surface area contributed by atoms with E-state index in [1.165, 1.54) is 6.20 Å². The smallest absolute Gasteiger partial charge is 0.224 e. The zero-order valence-corrected chi connectivity index (χ0v) is 14.2. The second-order valence-corrected chi connectivity index (χ2v) is 7.74. The van der Waals surface area contributed by atoms with Gasteiger partial charge in [0.2, 0.25) is 9.84 Å². The molecule has 0 saturated heterocycles.